The number of rotatable bonds is 2. The Balaban J connectivity index is 2.31. The lowest BCUT2D eigenvalue weighted by atomic mass is 9.75. The molecule has 2 aliphatic carbocycles. The van der Waals surface area contributed by atoms with Gasteiger partial charge < -0.3 is 0 Å². The highest BCUT2D eigenvalue weighted by molar-refractivity contribution is 5.44. The van der Waals surface area contributed by atoms with Gasteiger partial charge in [-0.15, -0.1) is 0 Å². The van der Waals surface area contributed by atoms with Gasteiger partial charge in [-0.05, 0) is 24.0 Å². The third kappa shape index (κ3) is 2.75. The van der Waals surface area contributed by atoms with Gasteiger partial charge in [0.2, 0.25) is 0 Å². The van der Waals surface area contributed by atoms with Crippen molar-refractivity contribution in [1.29, 1.82) is 0 Å². The SMILES string of the molecule is CC1(C)C=CC=C(C(C)(C)C2=CCCC=C2)C=C1. The molecule has 18 heavy (non-hydrogen) atoms. The molecule has 0 radical (unpaired) electrons. The first-order chi connectivity index (χ1) is 8.42. The van der Waals surface area contributed by atoms with E-state index in [0.29, 0.717) is 0 Å². The van der Waals surface area contributed by atoms with Crippen LogP contribution < -0.4 is 0 Å². The molecular weight excluding hydrogens is 216 g/mol. The zero-order valence-electron chi connectivity index (χ0n) is 12.0. The maximum absolute atomic E-state index is 2.38. The fourth-order valence-electron chi connectivity index (χ4n) is 2.48. The summed E-state index contributed by atoms with van der Waals surface area (Å²) >= 11 is 0. The summed E-state index contributed by atoms with van der Waals surface area (Å²) in [6.07, 6.45) is 20.6. The summed E-state index contributed by atoms with van der Waals surface area (Å²) in [4.78, 5) is 0. The molecule has 0 fully saturated rings. The lowest BCUT2D eigenvalue weighted by Gasteiger charge is -2.29. The molecule has 0 atom stereocenters. The molecule has 2 aliphatic rings. The van der Waals surface area contributed by atoms with Crippen LogP contribution >= 0.6 is 0 Å². The topological polar surface area (TPSA) is 0 Å². The molecule has 0 aliphatic heterocycles. The van der Waals surface area contributed by atoms with Crippen LogP contribution in [-0.4, -0.2) is 0 Å². The van der Waals surface area contributed by atoms with Crippen molar-refractivity contribution in [2.24, 2.45) is 10.8 Å². The summed E-state index contributed by atoms with van der Waals surface area (Å²) < 4.78 is 0. The zero-order chi connectivity index (χ0) is 13.2. The molecule has 0 N–H and O–H groups in total. The first kappa shape index (κ1) is 13.1. The van der Waals surface area contributed by atoms with E-state index in [9.17, 15) is 0 Å². The van der Waals surface area contributed by atoms with Crippen molar-refractivity contribution in [3.8, 4) is 0 Å². The monoisotopic (exact) mass is 240 g/mol. The maximum Gasteiger partial charge on any atom is 0.0143 e. The van der Waals surface area contributed by atoms with E-state index in [2.05, 4.69) is 76.3 Å². The van der Waals surface area contributed by atoms with Crippen molar-refractivity contribution in [2.75, 3.05) is 0 Å². The van der Waals surface area contributed by atoms with Crippen LogP contribution in [0.2, 0.25) is 0 Å². The van der Waals surface area contributed by atoms with E-state index in [-0.39, 0.29) is 10.8 Å². The van der Waals surface area contributed by atoms with Gasteiger partial charge in [0.15, 0.2) is 0 Å². The summed E-state index contributed by atoms with van der Waals surface area (Å²) in [6, 6.07) is 0. The van der Waals surface area contributed by atoms with E-state index >= 15 is 0 Å². The molecule has 96 valence electrons. The van der Waals surface area contributed by atoms with Crippen molar-refractivity contribution in [3.05, 3.63) is 59.8 Å². The van der Waals surface area contributed by atoms with Crippen molar-refractivity contribution in [3.63, 3.8) is 0 Å². The van der Waals surface area contributed by atoms with Crippen LogP contribution in [0.25, 0.3) is 0 Å². The Morgan fingerprint density at radius 1 is 1.00 bits per heavy atom. The summed E-state index contributed by atoms with van der Waals surface area (Å²) in [6.45, 7) is 9.11. The molecular formula is C18H24. The minimum atomic E-state index is 0.0954. The molecule has 0 aromatic carbocycles. The molecule has 0 spiro atoms. The summed E-state index contributed by atoms with van der Waals surface area (Å²) in [5.74, 6) is 0. The first-order valence-corrected chi connectivity index (χ1v) is 6.88. The van der Waals surface area contributed by atoms with E-state index in [1.54, 1.807) is 0 Å². The highest BCUT2D eigenvalue weighted by Crippen LogP contribution is 2.39. The third-order valence-corrected chi connectivity index (χ3v) is 3.93. The van der Waals surface area contributed by atoms with Gasteiger partial charge in [0.1, 0.15) is 0 Å². The second-order valence-electron chi connectivity index (χ2n) is 6.40. The molecule has 0 bridgehead atoms. The highest BCUT2D eigenvalue weighted by atomic mass is 14.3. The van der Waals surface area contributed by atoms with E-state index < -0.39 is 0 Å². The minimum Gasteiger partial charge on any atom is -0.0839 e. The van der Waals surface area contributed by atoms with Gasteiger partial charge in [0, 0.05) is 10.8 Å². The first-order valence-electron chi connectivity index (χ1n) is 6.88. The molecule has 0 aromatic rings. The van der Waals surface area contributed by atoms with Gasteiger partial charge in [-0.25, -0.2) is 0 Å². The third-order valence-electron chi connectivity index (χ3n) is 3.93. The van der Waals surface area contributed by atoms with Gasteiger partial charge >= 0.3 is 0 Å². The van der Waals surface area contributed by atoms with Crippen molar-refractivity contribution >= 4 is 0 Å². The van der Waals surface area contributed by atoms with Gasteiger partial charge in [-0.1, -0.05) is 76.3 Å². The second kappa shape index (κ2) is 4.76. The molecule has 0 amide bonds. The highest BCUT2D eigenvalue weighted by Gasteiger charge is 2.26. The van der Waals surface area contributed by atoms with Crippen LogP contribution in [-0.2, 0) is 0 Å². The van der Waals surface area contributed by atoms with E-state index in [0.717, 1.165) is 0 Å². The summed E-state index contributed by atoms with van der Waals surface area (Å²) in [5, 5.41) is 0. The van der Waals surface area contributed by atoms with Crippen molar-refractivity contribution in [2.45, 2.75) is 40.5 Å². The molecule has 0 heteroatoms. The molecule has 0 saturated heterocycles. The predicted molar refractivity (Wildman–Crippen MR) is 80.4 cm³/mol. The normalized spacial score (nSPS) is 22.4. The van der Waals surface area contributed by atoms with E-state index in [1.807, 2.05) is 0 Å². The second-order valence-corrected chi connectivity index (χ2v) is 6.40. The number of hydrogen-bond donors (Lipinski definition) is 0. The van der Waals surface area contributed by atoms with Crippen LogP contribution in [0.1, 0.15) is 40.5 Å². The maximum atomic E-state index is 2.38. The fourth-order valence-corrected chi connectivity index (χ4v) is 2.48. The van der Waals surface area contributed by atoms with Gasteiger partial charge in [0.25, 0.3) is 0 Å². The Morgan fingerprint density at radius 2 is 1.78 bits per heavy atom. The van der Waals surface area contributed by atoms with E-state index in [4.69, 9.17) is 0 Å². The zero-order valence-corrected chi connectivity index (χ0v) is 12.0. The Morgan fingerprint density at radius 3 is 2.44 bits per heavy atom. The lowest BCUT2D eigenvalue weighted by molar-refractivity contribution is 0.558. The molecule has 0 nitrogen and oxygen atoms in total. The Kier molecular flexibility index (Phi) is 3.47. The van der Waals surface area contributed by atoms with Crippen LogP contribution in [0.3, 0.4) is 0 Å². The van der Waals surface area contributed by atoms with Gasteiger partial charge in [-0.3, -0.25) is 0 Å². The molecule has 0 heterocycles. The standard InChI is InChI=1S/C18H24/c1-17(2)13-8-11-16(12-14-17)18(3,4)15-9-6-5-7-10-15/h6,8-14H,5,7H2,1-4H3. The molecule has 0 unspecified atom stereocenters. The van der Waals surface area contributed by atoms with E-state index in [1.165, 1.54) is 24.0 Å². The Labute approximate surface area is 111 Å². The van der Waals surface area contributed by atoms with Crippen LogP contribution in [0.15, 0.2) is 59.8 Å². The summed E-state index contributed by atoms with van der Waals surface area (Å²) in [5.41, 5.74) is 3.09. The number of hydrogen-bond acceptors (Lipinski definition) is 0. The van der Waals surface area contributed by atoms with Crippen LogP contribution in [0.4, 0.5) is 0 Å². The van der Waals surface area contributed by atoms with Crippen LogP contribution in [0, 0.1) is 10.8 Å². The summed E-state index contributed by atoms with van der Waals surface area (Å²) in [7, 11) is 0. The minimum absolute atomic E-state index is 0.0954. The smallest absolute Gasteiger partial charge is 0.0143 e. The average Bonchev–Trinajstić information content (AvgIpc) is 2.52. The predicted octanol–water partition coefficient (Wildman–Crippen LogP) is 5.37. The Hall–Kier alpha value is -1.30. The van der Waals surface area contributed by atoms with Gasteiger partial charge in [-0.2, -0.15) is 0 Å². The number of allylic oxidation sites excluding steroid dienone is 10. The van der Waals surface area contributed by atoms with Crippen LogP contribution in [0.5, 0.6) is 0 Å². The average molecular weight is 240 g/mol. The molecule has 0 saturated carbocycles. The van der Waals surface area contributed by atoms with Gasteiger partial charge in [0.05, 0.1) is 0 Å². The quantitative estimate of drug-likeness (QED) is 0.609. The van der Waals surface area contributed by atoms with Crippen molar-refractivity contribution < 1.29 is 0 Å². The lowest BCUT2D eigenvalue weighted by Crippen LogP contribution is -2.17. The molecule has 2 rings (SSSR count). The Bertz CT molecular complexity index is 462. The molecule has 0 aromatic heterocycles. The fraction of sp³-hybridized carbons (Fsp3) is 0.444. The van der Waals surface area contributed by atoms with Crippen molar-refractivity contribution in [1.82, 2.24) is 0 Å². The largest absolute Gasteiger partial charge is 0.0839 e.